The van der Waals surface area contributed by atoms with Crippen LogP contribution in [0.15, 0.2) is 46.3 Å². The van der Waals surface area contributed by atoms with Crippen molar-refractivity contribution in [3.63, 3.8) is 0 Å². The van der Waals surface area contributed by atoms with Crippen molar-refractivity contribution in [2.75, 3.05) is 43.3 Å². The van der Waals surface area contributed by atoms with Gasteiger partial charge in [-0.1, -0.05) is 32.0 Å². The van der Waals surface area contributed by atoms with Crippen molar-refractivity contribution in [2.45, 2.75) is 50.1 Å². The van der Waals surface area contributed by atoms with Gasteiger partial charge in [0.1, 0.15) is 0 Å². The van der Waals surface area contributed by atoms with Crippen LogP contribution in [-0.4, -0.2) is 53.8 Å². The minimum absolute atomic E-state index is 0.0675. The van der Waals surface area contributed by atoms with E-state index in [0.29, 0.717) is 59.4 Å². The second-order valence-electron chi connectivity index (χ2n) is 9.08. The summed E-state index contributed by atoms with van der Waals surface area (Å²) in [6.07, 6.45) is 2.38. The Morgan fingerprint density at radius 3 is 2.70 bits per heavy atom. The standard InChI is InChI=1S/C27H32N4O5S/c1-3-5-10-31-26(33)20-16-19(30-11-13-34-14-12-30)7-8-21(20)29-27(31)37-24(4-2)25(32)28-18-6-9-22-23(15-18)36-17-35-22/h6-9,15-16,24H,3-5,10-14,17H2,1-2H3,(H,28,32)/t24-/m0/s1. The van der Waals surface area contributed by atoms with E-state index in [1.54, 1.807) is 22.8 Å². The second kappa shape index (κ2) is 11.4. The lowest BCUT2D eigenvalue weighted by Gasteiger charge is -2.29. The van der Waals surface area contributed by atoms with Crippen molar-refractivity contribution in [1.29, 1.82) is 0 Å². The zero-order valence-electron chi connectivity index (χ0n) is 21.2. The molecule has 1 N–H and O–H groups in total. The molecule has 2 aromatic carbocycles. The van der Waals surface area contributed by atoms with Gasteiger partial charge in [0.2, 0.25) is 12.7 Å². The predicted octanol–water partition coefficient (Wildman–Crippen LogP) is 4.27. The summed E-state index contributed by atoms with van der Waals surface area (Å²) >= 11 is 1.34. The molecule has 1 atom stereocenters. The van der Waals surface area contributed by atoms with E-state index in [4.69, 9.17) is 19.2 Å². The fourth-order valence-electron chi connectivity index (χ4n) is 4.46. The van der Waals surface area contributed by atoms with E-state index in [-0.39, 0.29) is 18.3 Å². The molecule has 5 rings (SSSR count). The van der Waals surface area contributed by atoms with Gasteiger partial charge in [-0.3, -0.25) is 14.2 Å². The summed E-state index contributed by atoms with van der Waals surface area (Å²) in [5.74, 6) is 1.13. The van der Waals surface area contributed by atoms with Gasteiger partial charge in [0.15, 0.2) is 16.7 Å². The monoisotopic (exact) mass is 524 g/mol. The third kappa shape index (κ3) is 5.55. The Morgan fingerprint density at radius 1 is 1.11 bits per heavy atom. The molecule has 0 radical (unpaired) electrons. The number of aromatic nitrogens is 2. The molecule has 10 heteroatoms. The number of amides is 1. The molecule has 0 saturated carbocycles. The van der Waals surface area contributed by atoms with Gasteiger partial charge in [-0.15, -0.1) is 0 Å². The number of benzene rings is 2. The van der Waals surface area contributed by atoms with Crippen LogP contribution in [0.4, 0.5) is 11.4 Å². The van der Waals surface area contributed by atoms with Crippen LogP contribution in [0.3, 0.4) is 0 Å². The molecule has 2 aliphatic heterocycles. The Hall–Kier alpha value is -3.24. The van der Waals surface area contributed by atoms with E-state index in [1.807, 2.05) is 25.1 Å². The summed E-state index contributed by atoms with van der Waals surface area (Å²) in [7, 11) is 0. The van der Waals surface area contributed by atoms with E-state index in [0.717, 1.165) is 31.6 Å². The van der Waals surface area contributed by atoms with Gasteiger partial charge < -0.3 is 24.4 Å². The van der Waals surface area contributed by atoms with E-state index >= 15 is 0 Å². The van der Waals surface area contributed by atoms with Crippen molar-refractivity contribution < 1.29 is 19.0 Å². The highest BCUT2D eigenvalue weighted by molar-refractivity contribution is 8.00. The topological polar surface area (TPSA) is 94.9 Å². The zero-order chi connectivity index (χ0) is 25.8. The molecule has 0 unspecified atom stereocenters. The van der Waals surface area contributed by atoms with Gasteiger partial charge in [0.25, 0.3) is 5.56 Å². The summed E-state index contributed by atoms with van der Waals surface area (Å²) in [6, 6.07) is 11.2. The number of unbranched alkanes of at least 4 members (excludes halogenated alkanes) is 1. The minimum Gasteiger partial charge on any atom is -0.454 e. The first-order valence-corrected chi connectivity index (χ1v) is 13.7. The van der Waals surface area contributed by atoms with E-state index < -0.39 is 5.25 Å². The average Bonchev–Trinajstić information content (AvgIpc) is 3.39. The quantitative estimate of drug-likeness (QED) is 0.328. The summed E-state index contributed by atoms with van der Waals surface area (Å²) < 4.78 is 18.0. The van der Waals surface area contributed by atoms with Crippen molar-refractivity contribution in [1.82, 2.24) is 9.55 Å². The second-order valence-corrected chi connectivity index (χ2v) is 10.2. The SMILES string of the molecule is CCCCn1c(S[C@@H](CC)C(=O)Nc2ccc3c(c2)OCO3)nc2ccc(N3CCOCC3)cc2c1=O. The molecule has 196 valence electrons. The van der Waals surface area contributed by atoms with Crippen LogP contribution < -0.4 is 25.2 Å². The number of carbonyl (C=O) groups excluding carboxylic acids is 1. The van der Waals surface area contributed by atoms with Crippen LogP contribution in [0.5, 0.6) is 11.5 Å². The van der Waals surface area contributed by atoms with E-state index in [9.17, 15) is 9.59 Å². The molecular formula is C27H32N4O5S. The van der Waals surface area contributed by atoms with Crippen LogP contribution in [0.25, 0.3) is 10.9 Å². The normalized spacial score (nSPS) is 15.7. The number of rotatable bonds is 9. The van der Waals surface area contributed by atoms with Crippen LogP contribution >= 0.6 is 11.8 Å². The van der Waals surface area contributed by atoms with Crippen LogP contribution in [0, 0.1) is 0 Å². The van der Waals surface area contributed by atoms with Crippen LogP contribution in [0.1, 0.15) is 33.1 Å². The summed E-state index contributed by atoms with van der Waals surface area (Å²) in [5.41, 5.74) is 2.22. The van der Waals surface area contributed by atoms with E-state index in [2.05, 4.69) is 17.1 Å². The lowest BCUT2D eigenvalue weighted by Crippen LogP contribution is -2.36. The Morgan fingerprint density at radius 2 is 1.92 bits per heavy atom. The molecule has 2 aliphatic rings. The van der Waals surface area contributed by atoms with E-state index in [1.165, 1.54) is 11.8 Å². The number of ether oxygens (including phenoxy) is 3. The minimum atomic E-state index is -0.421. The molecule has 1 fully saturated rings. The lowest BCUT2D eigenvalue weighted by atomic mass is 10.2. The smallest absolute Gasteiger partial charge is 0.262 e. The average molecular weight is 525 g/mol. The fraction of sp³-hybridized carbons (Fsp3) is 0.444. The number of thioether (sulfide) groups is 1. The predicted molar refractivity (Wildman–Crippen MR) is 145 cm³/mol. The number of nitrogens with one attached hydrogen (secondary N) is 1. The van der Waals surface area contributed by atoms with Crippen LogP contribution in [-0.2, 0) is 16.1 Å². The number of nitrogens with zero attached hydrogens (tertiary/aromatic N) is 3. The van der Waals surface area contributed by atoms with Crippen molar-refractivity contribution in [2.24, 2.45) is 0 Å². The molecule has 1 saturated heterocycles. The maximum Gasteiger partial charge on any atom is 0.262 e. The third-order valence-corrected chi connectivity index (χ3v) is 7.92. The molecule has 0 bridgehead atoms. The van der Waals surface area contributed by atoms with Gasteiger partial charge in [0.05, 0.1) is 29.4 Å². The highest BCUT2D eigenvalue weighted by Crippen LogP contribution is 2.35. The van der Waals surface area contributed by atoms with Gasteiger partial charge in [-0.2, -0.15) is 0 Å². The first-order chi connectivity index (χ1) is 18.1. The Balaban J connectivity index is 1.42. The molecule has 3 aromatic rings. The Labute approximate surface area is 220 Å². The van der Waals surface area contributed by atoms with Crippen molar-refractivity contribution in [3.8, 4) is 11.5 Å². The molecule has 9 nitrogen and oxygen atoms in total. The number of hydrogen-bond acceptors (Lipinski definition) is 8. The van der Waals surface area contributed by atoms with Gasteiger partial charge >= 0.3 is 0 Å². The number of anilines is 2. The number of fused-ring (bicyclic) bond motifs is 2. The number of morpholine rings is 1. The number of hydrogen-bond donors (Lipinski definition) is 1. The molecule has 37 heavy (non-hydrogen) atoms. The summed E-state index contributed by atoms with van der Waals surface area (Å²) in [5, 5.41) is 3.72. The molecule has 3 heterocycles. The van der Waals surface area contributed by atoms with Crippen LogP contribution in [0.2, 0.25) is 0 Å². The maximum absolute atomic E-state index is 13.7. The lowest BCUT2D eigenvalue weighted by molar-refractivity contribution is -0.115. The molecule has 0 spiro atoms. The van der Waals surface area contributed by atoms with Crippen molar-refractivity contribution in [3.05, 3.63) is 46.8 Å². The van der Waals surface area contributed by atoms with Gasteiger partial charge in [-0.05, 0) is 43.2 Å². The fourth-order valence-corrected chi connectivity index (χ4v) is 5.50. The Kier molecular flexibility index (Phi) is 7.85. The van der Waals surface area contributed by atoms with Crippen molar-refractivity contribution >= 4 is 39.9 Å². The highest BCUT2D eigenvalue weighted by Gasteiger charge is 2.23. The molecule has 1 amide bonds. The zero-order valence-corrected chi connectivity index (χ0v) is 22.0. The molecular weight excluding hydrogens is 492 g/mol. The number of carbonyl (C=O) groups is 1. The maximum atomic E-state index is 13.7. The first kappa shape index (κ1) is 25.4. The first-order valence-electron chi connectivity index (χ1n) is 12.8. The molecule has 0 aliphatic carbocycles. The van der Waals surface area contributed by atoms with Gasteiger partial charge in [-0.25, -0.2) is 4.98 Å². The largest absolute Gasteiger partial charge is 0.454 e. The third-order valence-electron chi connectivity index (χ3n) is 6.57. The Bertz CT molecular complexity index is 1340. The summed E-state index contributed by atoms with van der Waals surface area (Å²) in [6.45, 7) is 7.75. The molecule has 1 aromatic heterocycles. The summed E-state index contributed by atoms with van der Waals surface area (Å²) in [4.78, 5) is 34.0. The van der Waals surface area contributed by atoms with Gasteiger partial charge in [0, 0.05) is 37.1 Å². The highest BCUT2D eigenvalue weighted by atomic mass is 32.2.